The van der Waals surface area contributed by atoms with Gasteiger partial charge >= 0.3 is 5.97 Å². The lowest BCUT2D eigenvalue weighted by molar-refractivity contribution is -0.599. The first-order valence-corrected chi connectivity index (χ1v) is 23.7. The molecule has 7 N–H and O–H groups in total. The molecule has 0 unspecified atom stereocenters. The number of rotatable bonds is 9. The lowest BCUT2D eigenvalue weighted by Gasteiger charge is -2.56. The Balaban J connectivity index is 0.982. The van der Waals surface area contributed by atoms with Gasteiger partial charge in [0.2, 0.25) is 12.1 Å². The molecule has 0 spiro atoms. The van der Waals surface area contributed by atoms with Crippen LogP contribution in [0.4, 0.5) is 0 Å². The number of fused-ring (bicyclic) bond motifs is 8. The Morgan fingerprint density at radius 3 is 2.08 bits per heavy atom. The number of aliphatic hydroxyl groups is 5. The number of likely N-dealkylation sites (N-methyl/N-ethyl adjacent to an activating group) is 1. The third-order valence-corrected chi connectivity index (χ3v) is 15.7. The van der Waals surface area contributed by atoms with Crippen LogP contribution in [-0.4, -0.2) is 188 Å². The molecule has 19 atom stereocenters. The van der Waals surface area contributed by atoms with E-state index < -0.39 is 166 Å². The Kier molecular flexibility index (Phi) is 13.2. The van der Waals surface area contributed by atoms with E-state index >= 15 is 0 Å². The summed E-state index contributed by atoms with van der Waals surface area (Å²) in [7, 11) is 4.48. The molecule has 5 heterocycles. The van der Waals surface area contributed by atoms with Gasteiger partial charge in [0.15, 0.2) is 30.8 Å². The fraction of sp³-hybridized carbons (Fsp3) is 0.688. The fourth-order valence-electron chi connectivity index (χ4n) is 11.9. The highest BCUT2D eigenvalue weighted by atomic mass is 16.8. The van der Waals surface area contributed by atoms with Crippen LogP contribution in [-0.2, 0) is 54.7 Å². The topological polar surface area (TPSA) is 322 Å². The molecule has 7 aliphatic rings. The molecule has 23 nitrogen and oxygen atoms in total. The molecule has 0 amide bonds. The molecule has 9 rings (SSSR count). The van der Waals surface area contributed by atoms with Gasteiger partial charge in [-0.05, 0) is 84.8 Å². The second-order valence-corrected chi connectivity index (χ2v) is 20.8. The average Bonchev–Trinajstić information content (AvgIpc) is 3.28. The minimum absolute atomic E-state index is 0.0188. The van der Waals surface area contributed by atoms with Crippen molar-refractivity contribution in [1.82, 2.24) is 4.90 Å². The fourth-order valence-corrected chi connectivity index (χ4v) is 11.9. The lowest BCUT2D eigenvalue weighted by atomic mass is 9.69. The number of phenols is 2. The number of nitro groups is 1. The van der Waals surface area contributed by atoms with E-state index in [1.54, 1.807) is 46.7 Å². The minimum atomic E-state index is -1.80. The number of carbonyl (C=O) groups excluding carboxylic acids is 3. The molecule has 0 saturated carbocycles. The number of ether oxygens (including phenoxy) is 9. The van der Waals surface area contributed by atoms with Gasteiger partial charge in [0.25, 0.3) is 5.54 Å². The number of benzene rings is 2. The van der Waals surface area contributed by atoms with E-state index in [1.165, 1.54) is 26.0 Å². The van der Waals surface area contributed by atoms with Crippen LogP contribution in [0.3, 0.4) is 0 Å². The quantitative estimate of drug-likeness (QED) is 0.0884. The summed E-state index contributed by atoms with van der Waals surface area (Å²) in [6.07, 6.45) is -17.0. The first-order valence-electron chi connectivity index (χ1n) is 23.7. The number of nitrogens with zero attached hydrogens (tertiary/aromatic N) is 2. The van der Waals surface area contributed by atoms with Crippen molar-refractivity contribution in [2.75, 3.05) is 21.2 Å². The number of aliphatic hydroxyl groups excluding tert-OH is 4. The number of ketones is 2. The Labute approximate surface area is 407 Å². The highest BCUT2D eigenvalue weighted by molar-refractivity contribution is 6.31. The summed E-state index contributed by atoms with van der Waals surface area (Å²) in [5, 5.41) is 91.5. The van der Waals surface area contributed by atoms with Gasteiger partial charge in [-0.1, -0.05) is 0 Å². The summed E-state index contributed by atoms with van der Waals surface area (Å²) in [5.41, 5.74) is -6.46. The first kappa shape index (κ1) is 51.4. The van der Waals surface area contributed by atoms with Crippen LogP contribution >= 0.6 is 0 Å². The highest BCUT2D eigenvalue weighted by Crippen LogP contribution is 2.55. The number of hydrogen-bond donors (Lipinski definition) is 7. The number of esters is 1. The van der Waals surface area contributed by atoms with Crippen LogP contribution in [0.15, 0.2) is 12.1 Å². The van der Waals surface area contributed by atoms with Gasteiger partial charge in [-0.15, -0.1) is 0 Å². The van der Waals surface area contributed by atoms with E-state index in [0.29, 0.717) is 0 Å². The van der Waals surface area contributed by atoms with Crippen molar-refractivity contribution in [2.24, 2.45) is 0 Å². The van der Waals surface area contributed by atoms with Crippen molar-refractivity contribution in [3.63, 3.8) is 0 Å². The number of aromatic hydroxyl groups is 2. The molecule has 2 bridgehead atoms. The van der Waals surface area contributed by atoms with Crippen LogP contribution in [0.2, 0.25) is 0 Å². The van der Waals surface area contributed by atoms with Crippen molar-refractivity contribution in [1.29, 1.82) is 0 Å². The zero-order valence-corrected chi connectivity index (χ0v) is 40.7. The van der Waals surface area contributed by atoms with Crippen LogP contribution in [0.5, 0.6) is 17.2 Å². The van der Waals surface area contributed by atoms with E-state index in [9.17, 15) is 60.2 Å². The van der Waals surface area contributed by atoms with E-state index in [-0.39, 0.29) is 60.1 Å². The first-order chi connectivity index (χ1) is 33.2. The summed E-state index contributed by atoms with van der Waals surface area (Å²) in [6.45, 7) is 9.10. The van der Waals surface area contributed by atoms with Crippen molar-refractivity contribution in [3.8, 4) is 17.2 Å². The van der Waals surface area contributed by atoms with E-state index in [2.05, 4.69) is 0 Å². The molecular formula is C48H62N2O21. The summed E-state index contributed by atoms with van der Waals surface area (Å²) in [4.78, 5) is 56.3. The van der Waals surface area contributed by atoms with Crippen molar-refractivity contribution in [2.45, 2.75) is 189 Å². The molecule has 71 heavy (non-hydrogen) atoms. The largest absolute Gasteiger partial charge is 0.507 e. The molecule has 5 aliphatic heterocycles. The maximum atomic E-state index is 14.9. The second kappa shape index (κ2) is 18.2. The number of methoxy groups -OCH3 is 1. The Hall–Kier alpha value is -4.47. The summed E-state index contributed by atoms with van der Waals surface area (Å²) in [5.74, 6) is -5.42. The van der Waals surface area contributed by atoms with Crippen LogP contribution in [0.25, 0.3) is 0 Å². The highest BCUT2D eigenvalue weighted by Gasteiger charge is 2.62. The van der Waals surface area contributed by atoms with Gasteiger partial charge in [-0.25, -0.2) is 0 Å². The zero-order chi connectivity index (χ0) is 51.7. The van der Waals surface area contributed by atoms with Gasteiger partial charge in [-0.2, -0.15) is 0 Å². The summed E-state index contributed by atoms with van der Waals surface area (Å²) in [6, 6.07) is 1.53. The van der Waals surface area contributed by atoms with Gasteiger partial charge in [0.05, 0.1) is 72.4 Å². The van der Waals surface area contributed by atoms with Crippen LogP contribution in [0, 0.1) is 10.1 Å². The lowest BCUT2D eigenvalue weighted by Crippen LogP contribution is -2.70. The summed E-state index contributed by atoms with van der Waals surface area (Å²) < 4.78 is 54.8. The zero-order valence-electron chi connectivity index (χ0n) is 40.7. The molecule has 2 aromatic carbocycles. The van der Waals surface area contributed by atoms with E-state index in [4.69, 9.17) is 42.6 Å². The maximum Gasteiger partial charge on any atom is 0.316 e. The Morgan fingerprint density at radius 2 is 1.46 bits per heavy atom. The predicted molar refractivity (Wildman–Crippen MR) is 238 cm³/mol. The minimum Gasteiger partial charge on any atom is -0.507 e. The molecule has 0 aromatic heterocycles. The van der Waals surface area contributed by atoms with Crippen LogP contribution in [0.1, 0.15) is 122 Å². The molecule has 4 saturated heterocycles. The second-order valence-electron chi connectivity index (χ2n) is 20.8. The molecule has 2 aliphatic carbocycles. The van der Waals surface area contributed by atoms with Crippen LogP contribution < -0.4 is 4.74 Å². The SMILES string of the molecule is COC(=O)[C@@H]1c2cc3c(c(O)c2CC[C@]1(C)O)C(=O)c1c(O)cc2c(c1C3=O)O[C@@H]1O[C@@]2(C)[C@@H](O[C@H]2C[C@H](O)[C@H](O[C@@H]3C[C@@](C)([N+](=O)[O-])[C@@H](O[C@H]4C[C@H](O)[C@H](O)[C@H](C)O4)[C@H](C)O3)[C@H](C)O2)[C@@H](N(C)C)[C@@H]1O. The number of phenolic OH excluding ortho intramolecular Hbond substituents is 2. The number of carbonyl (C=O) groups is 3. The van der Waals surface area contributed by atoms with Gasteiger partial charge in [0, 0.05) is 35.8 Å². The third kappa shape index (κ3) is 8.21. The van der Waals surface area contributed by atoms with E-state index in [0.717, 1.165) is 7.11 Å². The van der Waals surface area contributed by atoms with Crippen molar-refractivity contribution >= 4 is 17.5 Å². The van der Waals surface area contributed by atoms with Gasteiger partial charge < -0.3 is 83.3 Å². The number of hydrogen-bond acceptors (Lipinski definition) is 22. The third-order valence-electron chi connectivity index (χ3n) is 15.7. The predicted octanol–water partition coefficient (Wildman–Crippen LogP) is 0.760. The molecular weight excluding hydrogens is 941 g/mol. The molecule has 390 valence electrons. The smallest absolute Gasteiger partial charge is 0.316 e. The van der Waals surface area contributed by atoms with Gasteiger partial charge in [-0.3, -0.25) is 24.5 Å². The van der Waals surface area contributed by atoms with Crippen molar-refractivity contribution in [3.05, 3.63) is 61.2 Å². The molecule has 4 fully saturated rings. The van der Waals surface area contributed by atoms with Crippen molar-refractivity contribution < 1.29 is 97.7 Å². The Morgan fingerprint density at radius 1 is 0.831 bits per heavy atom. The monoisotopic (exact) mass is 1000 g/mol. The maximum absolute atomic E-state index is 14.9. The molecule has 0 radical (unpaired) electrons. The van der Waals surface area contributed by atoms with E-state index in [1.807, 2.05) is 0 Å². The van der Waals surface area contributed by atoms with Gasteiger partial charge in [0.1, 0.15) is 53.2 Å². The molecule has 23 heteroatoms. The standard InChI is InChI=1S/C48H62N2O21/c1-17-35(54)25(52)14-27(64-17)68-42-19(3)66-29(16-46(42,4)50(61)62)67-40-18(2)65-28(15-26(40)53)69-43-34(49(7)8)39(58)45-70-41-23(48(43,6)71-45)13-24(51)31-32(41)37(56)22-12-21-20(36(55)30(22)38(31)57)10-11-47(5,60)33(21)44(59)63-9/h12-13,17-19,25-29,33-35,39-40,42-43,45,51-55,58,60H,10-11,14-16H2,1-9H3/t17-,18-,19-,25-,26-,27-,28-,29+,33-,34-,35+,39-,40+,42-,43-,45+,46+,47-,48+/m0/s1. The normalized spacial score (nSPS) is 41.8. The molecule has 2 aromatic rings. The summed E-state index contributed by atoms with van der Waals surface area (Å²) >= 11 is 0. The Bertz CT molecular complexity index is 2480. The average molecular weight is 1000 g/mol.